The third-order valence-electron chi connectivity index (χ3n) is 1.82. The van der Waals surface area contributed by atoms with E-state index in [1.54, 1.807) is 12.3 Å². The number of rotatable bonds is 2. The highest BCUT2D eigenvalue weighted by Gasteiger charge is 2.04. The summed E-state index contributed by atoms with van der Waals surface area (Å²) in [6.07, 6.45) is 2.96. The van der Waals surface area contributed by atoms with Crippen molar-refractivity contribution in [3.63, 3.8) is 0 Å². The molecule has 0 radical (unpaired) electrons. The monoisotopic (exact) mass is 193 g/mol. The maximum atomic E-state index is 12.8. The van der Waals surface area contributed by atoms with Crippen molar-refractivity contribution in [2.45, 2.75) is 6.42 Å². The second kappa shape index (κ2) is 3.10. The highest BCUT2D eigenvalue weighted by atomic mass is 19.1. The van der Waals surface area contributed by atoms with Crippen LogP contribution in [0.3, 0.4) is 0 Å². The molecule has 2 N–H and O–H groups in total. The second-order valence-corrected chi connectivity index (χ2v) is 2.99. The van der Waals surface area contributed by atoms with Crippen molar-refractivity contribution < 1.29 is 9.18 Å². The standard InChI is InChI=1S/C9H8FN3O/c10-6-1-2-9-12-7(3-8(11)14)5-13(9)4-6/h1-2,4-5H,3H2,(H2,11,14). The summed E-state index contributed by atoms with van der Waals surface area (Å²) in [7, 11) is 0. The number of nitrogens with two attached hydrogens (primary N) is 1. The molecule has 0 saturated carbocycles. The van der Waals surface area contributed by atoms with E-state index < -0.39 is 5.91 Å². The summed E-state index contributed by atoms with van der Waals surface area (Å²) in [4.78, 5) is 14.7. The Labute approximate surface area is 79.2 Å². The van der Waals surface area contributed by atoms with Crippen LogP contribution in [0.15, 0.2) is 24.5 Å². The number of imidazole rings is 1. The van der Waals surface area contributed by atoms with Gasteiger partial charge >= 0.3 is 0 Å². The van der Waals surface area contributed by atoms with Gasteiger partial charge in [-0.15, -0.1) is 0 Å². The van der Waals surface area contributed by atoms with Crippen LogP contribution in [0, 0.1) is 5.82 Å². The Balaban J connectivity index is 2.46. The van der Waals surface area contributed by atoms with Crippen molar-refractivity contribution in [3.8, 4) is 0 Å². The summed E-state index contributed by atoms with van der Waals surface area (Å²) in [6, 6.07) is 2.86. The van der Waals surface area contributed by atoms with Gasteiger partial charge in [-0.3, -0.25) is 4.79 Å². The first kappa shape index (κ1) is 8.68. The van der Waals surface area contributed by atoms with Crippen LogP contribution >= 0.6 is 0 Å². The van der Waals surface area contributed by atoms with Gasteiger partial charge in [0.1, 0.15) is 11.5 Å². The summed E-state index contributed by atoms with van der Waals surface area (Å²) in [5.41, 5.74) is 6.16. The van der Waals surface area contributed by atoms with E-state index in [2.05, 4.69) is 4.98 Å². The minimum Gasteiger partial charge on any atom is -0.369 e. The molecule has 0 aliphatic heterocycles. The van der Waals surface area contributed by atoms with Crippen LogP contribution in [0.1, 0.15) is 5.69 Å². The molecule has 0 spiro atoms. The summed E-state index contributed by atoms with van der Waals surface area (Å²) >= 11 is 0. The van der Waals surface area contributed by atoms with Crippen LogP contribution in [-0.4, -0.2) is 15.3 Å². The van der Waals surface area contributed by atoms with Gasteiger partial charge in [0, 0.05) is 12.4 Å². The quantitative estimate of drug-likeness (QED) is 0.755. The highest BCUT2D eigenvalue weighted by Crippen LogP contribution is 2.06. The first-order valence-electron chi connectivity index (χ1n) is 4.06. The number of hydrogen-bond donors (Lipinski definition) is 1. The highest BCUT2D eigenvalue weighted by molar-refractivity contribution is 5.76. The van der Waals surface area contributed by atoms with Crippen LogP contribution in [0.4, 0.5) is 4.39 Å². The molecular weight excluding hydrogens is 185 g/mol. The molecule has 0 aromatic carbocycles. The van der Waals surface area contributed by atoms with E-state index in [-0.39, 0.29) is 12.2 Å². The van der Waals surface area contributed by atoms with E-state index in [9.17, 15) is 9.18 Å². The number of pyridine rings is 1. The molecule has 0 aliphatic carbocycles. The normalized spacial score (nSPS) is 10.6. The minimum atomic E-state index is -0.450. The number of aromatic nitrogens is 2. The predicted octanol–water partition coefficient (Wildman–Crippen LogP) is 0.501. The van der Waals surface area contributed by atoms with Crippen LogP contribution in [0.2, 0.25) is 0 Å². The molecule has 72 valence electrons. The fourth-order valence-corrected chi connectivity index (χ4v) is 1.28. The number of carbonyl (C=O) groups excluding carboxylic acids is 1. The Bertz CT molecular complexity index is 492. The molecule has 0 unspecified atom stereocenters. The lowest BCUT2D eigenvalue weighted by atomic mass is 10.3. The zero-order valence-corrected chi connectivity index (χ0v) is 7.27. The second-order valence-electron chi connectivity index (χ2n) is 2.99. The first-order chi connectivity index (χ1) is 6.65. The van der Waals surface area contributed by atoms with Gasteiger partial charge in [0.15, 0.2) is 0 Å². The Morgan fingerprint density at radius 3 is 3.00 bits per heavy atom. The fraction of sp³-hybridized carbons (Fsp3) is 0.111. The van der Waals surface area contributed by atoms with Crippen molar-refractivity contribution in [1.29, 1.82) is 0 Å². The van der Waals surface area contributed by atoms with Gasteiger partial charge < -0.3 is 10.1 Å². The lowest BCUT2D eigenvalue weighted by Gasteiger charge is -1.90. The zero-order valence-electron chi connectivity index (χ0n) is 7.27. The molecular formula is C9H8FN3O. The molecule has 0 saturated heterocycles. The number of primary amides is 1. The third-order valence-corrected chi connectivity index (χ3v) is 1.82. The predicted molar refractivity (Wildman–Crippen MR) is 48.0 cm³/mol. The Hall–Kier alpha value is -1.91. The number of amides is 1. The van der Waals surface area contributed by atoms with Gasteiger partial charge in [0.25, 0.3) is 0 Å². The van der Waals surface area contributed by atoms with Crippen LogP contribution in [0.25, 0.3) is 5.65 Å². The van der Waals surface area contributed by atoms with E-state index in [4.69, 9.17) is 5.73 Å². The van der Waals surface area contributed by atoms with E-state index in [0.717, 1.165) is 0 Å². The van der Waals surface area contributed by atoms with E-state index in [0.29, 0.717) is 11.3 Å². The molecule has 2 aromatic rings. The third kappa shape index (κ3) is 1.56. The molecule has 4 nitrogen and oxygen atoms in total. The molecule has 0 bridgehead atoms. The van der Waals surface area contributed by atoms with Gasteiger partial charge in [-0.05, 0) is 12.1 Å². The topological polar surface area (TPSA) is 60.4 Å². The molecule has 5 heteroatoms. The molecule has 2 aromatic heterocycles. The lowest BCUT2D eigenvalue weighted by molar-refractivity contribution is -0.117. The molecule has 0 atom stereocenters. The van der Waals surface area contributed by atoms with Crippen LogP contribution < -0.4 is 5.73 Å². The van der Waals surface area contributed by atoms with Crippen LogP contribution in [0.5, 0.6) is 0 Å². The van der Waals surface area contributed by atoms with Gasteiger partial charge in [-0.2, -0.15) is 0 Å². The van der Waals surface area contributed by atoms with Crippen molar-refractivity contribution in [1.82, 2.24) is 9.38 Å². The molecule has 0 aliphatic rings. The largest absolute Gasteiger partial charge is 0.369 e. The van der Waals surface area contributed by atoms with Gasteiger partial charge in [-0.25, -0.2) is 9.37 Å². The van der Waals surface area contributed by atoms with E-state index in [1.165, 1.54) is 16.7 Å². The summed E-state index contributed by atoms with van der Waals surface area (Å²) < 4.78 is 14.3. The average Bonchev–Trinajstić information content (AvgIpc) is 2.44. The molecule has 2 rings (SSSR count). The maximum absolute atomic E-state index is 12.8. The number of fused-ring (bicyclic) bond motifs is 1. The average molecular weight is 193 g/mol. The van der Waals surface area contributed by atoms with E-state index in [1.807, 2.05) is 0 Å². The van der Waals surface area contributed by atoms with Crippen LogP contribution in [-0.2, 0) is 11.2 Å². The Kier molecular flexibility index (Phi) is 1.92. The lowest BCUT2D eigenvalue weighted by Crippen LogP contribution is -2.13. The molecule has 14 heavy (non-hydrogen) atoms. The smallest absolute Gasteiger partial charge is 0.223 e. The van der Waals surface area contributed by atoms with Gasteiger partial charge in [0.05, 0.1) is 12.1 Å². The number of nitrogens with zero attached hydrogens (tertiary/aromatic N) is 2. The number of halogens is 1. The van der Waals surface area contributed by atoms with Crippen molar-refractivity contribution in [2.24, 2.45) is 5.73 Å². The Morgan fingerprint density at radius 1 is 1.50 bits per heavy atom. The minimum absolute atomic E-state index is 0.0727. The van der Waals surface area contributed by atoms with Gasteiger partial charge in [0.2, 0.25) is 5.91 Å². The van der Waals surface area contributed by atoms with Crippen molar-refractivity contribution in [2.75, 3.05) is 0 Å². The SMILES string of the molecule is NC(=O)Cc1cn2cc(F)ccc2n1. The van der Waals surface area contributed by atoms with E-state index >= 15 is 0 Å². The summed E-state index contributed by atoms with van der Waals surface area (Å²) in [6.45, 7) is 0. The summed E-state index contributed by atoms with van der Waals surface area (Å²) in [5, 5.41) is 0. The number of carbonyl (C=O) groups is 1. The molecule has 2 heterocycles. The Morgan fingerprint density at radius 2 is 2.29 bits per heavy atom. The number of hydrogen-bond acceptors (Lipinski definition) is 2. The molecule has 0 fully saturated rings. The first-order valence-corrected chi connectivity index (χ1v) is 4.06. The van der Waals surface area contributed by atoms with Crippen molar-refractivity contribution >= 4 is 11.6 Å². The van der Waals surface area contributed by atoms with Gasteiger partial charge in [-0.1, -0.05) is 0 Å². The van der Waals surface area contributed by atoms with Crippen molar-refractivity contribution in [3.05, 3.63) is 36.0 Å². The molecule has 1 amide bonds. The summed E-state index contributed by atoms with van der Waals surface area (Å²) in [5.74, 6) is -0.797. The maximum Gasteiger partial charge on any atom is 0.223 e. The zero-order chi connectivity index (χ0) is 10.1. The fourth-order valence-electron chi connectivity index (χ4n) is 1.28.